The number of nitrogens with zero attached hydrogens (tertiary/aromatic N) is 1. The standard InChI is InChI=1S/C17H25ClN2S/c1-2-8-20-9-5-14(6-10-20)19-16-7-11-21-17-4-3-13(18)12-15(16)17/h3-4,12,14,16,19H,2,5-11H2,1H3. The molecule has 2 aliphatic rings. The highest BCUT2D eigenvalue weighted by Gasteiger charge is 2.25. The van der Waals surface area contributed by atoms with Gasteiger partial charge in [-0.1, -0.05) is 18.5 Å². The monoisotopic (exact) mass is 324 g/mol. The number of fused-ring (bicyclic) bond motifs is 1. The van der Waals surface area contributed by atoms with E-state index in [1.807, 2.05) is 17.8 Å². The smallest absolute Gasteiger partial charge is 0.0410 e. The van der Waals surface area contributed by atoms with Crippen molar-refractivity contribution in [2.75, 3.05) is 25.4 Å². The molecule has 1 fully saturated rings. The van der Waals surface area contributed by atoms with E-state index in [0.29, 0.717) is 12.1 Å². The molecule has 1 unspecified atom stereocenters. The maximum atomic E-state index is 6.19. The normalized spacial score (nSPS) is 24.0. The third-order valence-electron chi connectivity index (χ3n) is 4.58. The fourth-order valence-electron chi connectivity index (χ4n) is 3.46. The quantitative estimate of drug-likeness (QED) is 0.887. The van der Waals surface area contributed by atoms with Gasteiger partial charge in [0.05, 0.1) is 0 Å². The lowest BCUT2D eigenvalue weighted by Gasteiger charge is -2.36. The first-order valence-electron chi connectivity index (χ1n) is 8.17. The highest BCUT2D eigenvalue weighted by molar-refractivity contribution is 7.99. The Kier molecular flexibility index (Phi) is 5.49. The minimum atomic E-state index is 0.489. The molecule has 21 heavy (non-hydrogen) atoms. The number of likely N-dealkylation sites (tertiary alicyclic amines) is 1. The minimum Gasteiger partial charge on any atom is -0.307 e. The molecule has 0 aliphatic carbocycles. The largest absolute Gasteiger partial charge is 0.307 e. The Morgan fingerprint density at radius 2 is 2.10 bits per heavy atom. The van der Waals surface area contributed by atoms with E-state index in [4.69, 9.17) is 11.6 Å². The number of hydrogen-bond donors (Lipinski definition) is 1. The Hall–Kier alpha value is -0.220. The maximum absolute atomic E-state index is 6.19. The molecule has 0 spiro atoms. The van der Waals surface area contributed by atoms with Gasteiger partial charge in [-0.05, 0) is 74.8 Å². The summed E-state index contributed by atoms with van der Waals surface area (Å²) in [5.74, 6) is 1.21. The molecule has 3 rings (SSSR count). The molecule has 0 aromatic heterocycles. The second-order valence-electron chi connectivity index (χ2n) is 6.15. The van der Waals surface area contributed by atoms with Gasteiger partial charge >= 0.3 is 0 Å². The molecule has 1 N–H and O–H groups in total. The van der Waals surface area contributed by atoms with E-state index >= 15 is 0 Å². The lowest BCUT2D eigenvalue weighted by Crippen LogP contribution is -2.44. The average molecular weight is 325 g/mol. The van der Waals surface area contributed by atoms with Crippen molar-refractivity contribution < 1.29 is 0 Å². The van der Waals surface area contributed by atoms with Crippen LogP contribution in [-0.2, 0) is 0 Å². The van der Waals surface area contributed by atoms with Crippen LogP contribution in [0.15, 0.2) is 23.1 Å². The predicted octanol–water partition coefficient (Wildman–Crippen LogP) is 4.34. The first-order chi connectivity index (χ1) is 10.3. The summed E-state index contributed by atoms with van der Waals surface area (Å²) in [4.78, 5) is 4.01. The van der Waals surface area contributed by atoms with E-state index in [2.05, 4.69) is 29.3 Å². The highest BCUT2D eigenvalue weighted by Crippen LogP contribution is 2.38. The van der Waals surface area contributed by atoms with Crippen LogP contribution in [-0.4, -0.2) is 36.3 Å². The van der Waals surface area contributed by atoms with Gasteiger partial charge in [0.25, 0.3) is 0 Å². The number of benzene rings is 1. The van der Waals surface area contributed by atoms with Crippen LogP contribution >= 0.6 is 23.4 Å². The Labute approximate surface area is 137 Å². The van der Waals surface area contributed by atoms with Gasteiger partial charge < -0.3 is 10.2 Å². The fourth-order valence-corrected chi connectivity index (χ4v) is 4.75. The summed E-state index contributed by atoms with van der Waals surface area (Å²) in [6.07, 6.45) is 5.04. The van der Waals surface area contributed by atoms with Crippen molar-refractivity contribution in [2.45, 2.75) is 49.6 Å². The molecule has 1 aromatic rings. The van der Waals surface area contributed by atoms with Crippen LogP contribution in [0, 0.1) is 0 Å². The van der Waals surface area contributed by atoms with E-state index in [9.17, 15) is 0 Å². The molecular weight excluding hydrogens is 300 g/mol. The second kappa shape index (κ2) is 7.36. The van der Waals surface area contributed by atoms with Crippen molar-refractivity contribution in [2.24, 2.45) is 0 Å². The van der Waals surface area contributed by atoms with Crippen molar-refractivity contribution in [1.29, 1.82) is 0 Å². The Balaban J connectivity index is 1.61. The SMILES string of the molecule is CCCN1CCC(NC2CCSc3ccc(Cl)cc32)CC1. The topological polar surface area (TPSA) is 15.3 Å². The molecule has 4 heteroatoms. The lowest BCUT2D eigenvalue weighted by atomic mass is 9.99. The van der Waals surface area contributed by atoms with Crippen LogP contribution in [0.4, 0.5) is 0 Å². The van der Waals surface area contributed by atoms with Crippen molar-refractivity contribution in [3.63, 3.8) is 0 Å². The maximum Gasteiger partial charge on any atom is 0.0410 e. The first-order valence-corrected chi connectivity index (χ1v) is 9.53. The van der Waals surface area contributed by atoms with Crippen LogP contribution < -0.4 is 5.32 Å². The van der Waals surface area contributed by atoms with E-state index in [1.165, 1.54) is 61.5 Å². The van der Waals surface area contributed by atoms with Gasteiger partial charge in [0.1, 0.15) is 0 Å². The van der Waals surface area contributed by atoms with Gasteiger partial charge in [0, 0.05) is 22.0 Å². The number of nitrogens with one attached hydrogen (secondary N) is 1. The summed E-state index contributed by atoms with van der Waals surface area (Å²) in [5.41, 5.74) is 1.41. The zero-order valence-electron chi connectivity index (χ0n) is 12.8. The molecule has 1 aromatic carbocycles. The number of thioether (sulfide) groups is 1. The third kappa shape index (κ3) is 3.95. The molecule has 0 saturated carbocycles. The second-order valence-corrected chi connectivity index (χ2v) is 7.73. The summed E-state index contributed by atoms with van der Waals surface area (Å²) in [6, 6.07) is 7.51. The van der Waals surface area contributed by atoms with E-state index < -0.39 is 0 Å². The molecule has 2 aliphatic heterocycles. The fraction of sp³-hybridized carbons (Fsp3) is 0.647. The average Bonchev–Trinajstić information content (AvgIpc) is 2.50. The third-order valence-corrected chi connectivity index (χ3v) is 5.93. The number of rotatable bonds is 4. The number of piperidine rings is 1. The summed E-state index contributed by atoms with van der Waals surface area (Å²) >= 11 is 8.16. The van der Waals surface area contributed by atoms with Crippen molar-refractivity contribution in [1.82, 2.24) is 10.2 Å². The predicted molar refractivity (Wildman–Crippen MR) is 92.4 cm³/mol. The first kappa shape index (κ1) is 15.7. The van der Waals surface area contributed by atoms with Crippen molar-refractivity contribution in [3.05, 3.63) is 28.8 Å². The molecule has 2 nitrogen and oxygen atoms in total. The van der Waals surface area contributed by atoms with Gasteiger partial charge in [-0.3, -0.25) is 0 Å². The van der Waals surface area contributed by atoms with Gasteiger partial charge in [-0.25, -0.2) is 0 Å². The Morgan fingerprint density at radius 1 is 1.29 bits per heavy atom. The molecule has 0 radical (unpaired) electrons. The highest BCUT2D eigenvalue weighted by atomic mass is 35.5. The van der Waals surface area contributed by atoms with Crippen LogP contribution in [0.2, 0.25) is 5.02 Å². The minimum absolute atomic E-state index is 0.489. The summed E-state index contributed by atoms with van der Waals surface area (Å²) in [5, 5.41) is 4.77. The van der Waals surface area contributed by atoms with E-state index in [1.54, 1.807) is 0 Å². The summed E-state index contributed by atoms with van der Waals surface area (Å²) < 4.78 is 0. The molecule has 1 saturated heterocycles. The van der Waals surface area contributed by atoms with Crippen molar-refractivity contribution in [3.8, 4) is 0 Å². The zero-order valence-corrected chi connectivity index (χ0v) is 14.3. The summed E-state index contributed by atoms with van der Waals surface area (Å²) in [6.45, 7) is 6.01. The lowest BCUT2D eigenvalue weighted by molar-refractivity contribution is 0.190. The molecule has 2 heterocycles. The summed E-state index contributed by atoms with van der Waals surface area (Å²) in [7, 11) is 0. The molecule has 0 bridgehead atoms. The van der Waals surface area contributed by atoms with Gasteiger partial charge in [0.2, 0.25) is 0 Å². The Bertz CT molecular complexity index is 472. The van der Waals surface area contributed by atoms with Crippen LogP contribution in [0.25, 0.3) is 0 Å². The molecule has 116 valence electrons. The number of halogens is 1. The molecule has 0 amide bonds. The van der Waals surface area contributed by atoms with E-state index in [0.717, 1.165) is 5.02 Å². The van der Waals surface area contributed by atoms with Crippen LogP contribution in [0.3, 0.4) is 0 Å². The van der Waals surface area contributed by atoms with Crippen LogP contribution in [0.5, 0.6) is 0 Å². The van der Waals surface area contributed by atoms with Gasteiger partial charge in [0.15, 0.2) is 0 Å². The molecular formula is C17H25ClN2S. The molecule has 1 atom stereocenters. The zero-order chi connectivity index (χ0) is 14.7. The van der Waals surface area contributed by atoms with Gasteiger partial charge in [-0.15, -0.1) is 11.8 Å². The number of hydrogen-bond acceptors (Lipinski definition) is 3. The van der Waals surface area contributed by atoms with E-state index in [-0.39, 0.29) is 0 Å². The van der Waals surface area contributed by atoms with Crippen LogP contribution in [0.1, 0.15) is 44.2 Å². The Morgan fingerprint density at radius 3 is 2.86 bits per heavy atom. The van der Waals surface area contributed by atoms with Crippen molar-refractivity contribution >= 4 is 23.4 Å². The van der Waals surface area contributed by atoms with Gasteiger partial charge in [-0.2, -0.15) is 0 Å².